The third kappa shape index (κ3) is 16.6. The van der Waals surface area contributed by atoms with Crippen molar-refractivity contribution in [2.24, 2.45) is 17.4 Å². The molecular formula is C45H61Cl2N7O10. The summed E-state index contributed by atoms with van der Waals surface area (Å²) in [6.07, 6.45) is 4.27. The van der Waals surface area contributed by atoms with Crippen molar-refractivity contribution in [3.8, 4) is 5.75 Å². The number of hydrogen-bond acceptors (Lipinski definition) is 10. The number of benzene rings is 2. The number of halogens is 2. The number of primary amides is 2. The number of carbonyl (C=O) groups excluding carboxylic acids is 8. The number of hydrogen-bond donors (Lipinski definition) is 7. The van der Waals surface area contributed by atoms with Crippen LogP contribution in [0.5, 0.6) is 5.75 Å². The van der Waals surface area contributed by atoms with Gasteiger partial charge in [-0.1, -0.05) is 80.9 Å². The smallest absolute Gasteiger partial charge is 0.328 e. The van der Waals surface area contributed by atoms with Crippen molar-refractivity contribution in [1.29, 1.82) is 0 Å². The SMILES string of the molecule is CC[C@H](C)[C@@H]1NC(=O)[C@H](Cc2ccc(OCc3c(Cl)cccc3Cl)cc2)NC(=O)CCCCC[C@@H](C(=O)OC2CCCCC2)NC(=O)[C@H](CC(N)=O)NC(=O)[C@H](CCC(N)=O)NC1=O. The largest absolute Gasteiger partial charge is 0.489 e. The molecule has 2 aromatic carbocycles. The Labute approximate surface area is 383 Å². The van der Waals surface area contributed by atoms with Gasteiger partial charge in [0.05, 0.1) is 6.42 Å². The maximum atomic E-state index is 14.2. The Morgan fingerprint density at radius 1 is 0.719 bits per heavy atom. The van der Waals surface area contributed by atoms with Crippen molar-refractivity contribution in [2.75, 3.05) is 0 Å². The Morgan fingerprint density at radius 3 is 1.97 bits per heavy atom. The van der Waals surface area contributed by atoms with E-state index in [4.69, 9.17) is 44.1 Å². The summed E-state index contributed by atoms with van der Waals surface area (Å²) >= 11 is 12.6. The predicted octanol–water partition coefficient (Wildman–Crippen LogP) is 3.57. The monoisotopic (exact) mass is 929 g/mol. The van der Waals surface area contributed by atoms with Crippen LogP contribution < -0.4 is 42.8 Å². The molecule has 6 atom stereocenters. The molecule has 2 aliphatic rings. The Hall–Kier alpha value is -5.42. The van der Waals surface area contributed by atoms with E-state index < -0.39 is 89.9 Å². The molecule has 1 saturated carbocycles. The van der Waals surface area contributed by atoms with E-state index in [0.717, 1.165) is 19.3 Å². The van der Waals surface area contributed by atoms with E-state index in [9.17, 15) is 38.4 Å². The number of amides is 7. The molecule has 2 fully saturated rings. The second kappa shape index (κ2) is 25.8. The molecule has 64 heavy (non-hydrogen) atoms. The summed E-state index contributed by atoms with van der Waals surface area (Å²) in [6, 6.07) is 5.41. The van der Waals surface area contributed by atoms with Crippen molar-refractivity contribution in [3.05, 3.63) is 63.6 Å². The average molecular weight is 931 g/mol. The van der Waals surface area contributed by atoms with Crippen LogP contribution in [-0.2, 0) is 56.1 Å². The normalized spacial score (nSPS) is 22.9. The zero-order chi connectivity index (χ0) is 46.8. The first-order chi connectivity index (χ1) is 30.5. The molecule has 7 amide bonds. The van der Waals surface area contributed by atoms with E-state index >= 15 is 0 Å². The van der Waals surface area contributed by atoms with Gasteiger partial charge in [0.25, 0.3) is 0 Å². The predicted molar refractivity (Wildman–Crippen MR) is 238 cm³/mol. The Bertz CT molecular complexity index is 1940. The topological polar surface area (TPSA) is 267 Å². The Balaban J connectivity index is 1.62. The lowest BCUT2D eigenvalue weighted by Gasteiger charge is -2.29. The van der Waals surface area contributed by atoms with Crippen LogP contribution in [0.4, 0.5) is 0 Å². The van der Waals surface area contributed by atoms with Crippen LogP contribution >= 0.6 is 23.2 Å². The fourth-order valence-electron chi connectivity index (χ4n) is 7.48. The molecule has 2 aromatic rings. The van der Waals surface area contributed by atoms with Crippen molar-refractivity contribution in [2.45, 2.75) is 153 Å². The van der Waals surface area contributed by atoms with Gasteiger partial charge >= 0.3 is 5.97 Å². The second-order valence-corrected chi connectivity index (χ2v) is 17.3. The summed E-state index contributed by atoms with van der Waals surface area (Å²) < 4.78 is 11.7. The second-order valence-electron chi connectivity index (χ2n) is 16.5. The van der Waals surface area contributed by atoms with Crippen molar-refractivity contribution in [3.63, 3.8) is 0 Å². The minimum absolute atomic E-state index is 0.0221. The van der Waals surface area contributed by atoms with Gasteiger partial charge < -0.3 is 47.5 Å². The maximum Gasteiger partial charge on any atom is 0.328 e. The summed E-state index contributed by atoms with van der Waals surface area (Å²) in [5.41, 5.74) is 12.2. The van der Waals surface area contributed by atoms with Crippen LogP contribution in [0.2, 0.25) is 10.0 Å². The van der Waals surface area contributed by atoms with Crippen molar-refractivity contribution >= 4 is 70.5 Å². The molecule has 4 rings (SSSR count). The number of rotatable bonds is 14. The summed E-state index contributed by atoms with van der Waals surface area (Å²) in [5, 5.41) is 14.2. The molecule has 0 bridgehead atoms. The molecule has 1 aliphatic heterocycles. The Kier molecular flexibility index (Phi) is 20.6. The van der Waals surface area contributed by atoms with Crippen LogP contribution in [0, 0.1) is 5.92 Å². The van der Waals surface area contributed by atoms with E-state index in [0.29, 0.717) is 65.4 Å². The van der Waals surface area contributed by atoms with Gasteiger partial charge in [-0.3, -0.25) is 33.6 Å². The lowest BCUT2D eigenvalue weighted by atomic mass is 9.96. The molecule has 1 saturated heterocycles. The summed E-state index contributed by atoms with van der Waals surface area (Å²) in [4.78, 5) is 107. The Morgan fingerprint density at radius 2 is 1.33 bits per heavy atom. The molecule has 1 aliphatic carbocycles. The molecule has 19 heteroatoms. The minimum Gasteiger partial charge on any atom is -0.489 e. The van der Waals surface area contributed by atoms with Gasteiger partial charge in [0, 0.05) is 34.9 Å². The van der Waals surface area contributed by atoms with Crippen LogP contribution in [0.1, 0.15) is 115 Å². The van der Waals surface area contributed by atoms with E-state index in [1.807, 2.05) is 0 Å². The van der Waals surface area contributed by atoms with Gasteiger partial charge in [0.15, 0.2) is 0 Å². The molecule has 0 unspecified atom stereocenters. The van der Waals surface area contributed by atoms with Gasteiger partial charge in [-0.15, -0.1) is 0 Å². The average Bonchev–Trinajstić information content (AvgIpc) is 3.25. The van der Waals surface area contributed by atoms with Gasteiger partial charge in [-0.2, -0.15) is 0 Å². The van der Waals surface area contributed by atoms with E-state index in [1.165, 1.54) is 0 Å². The molecule has 0 aromatic heterocycles. The molecule has 350 valence electrons. The van der Waals surface area contributed by atoms with E-state index in [2.05, 4.69) is 26.6 Å². The number of esters is 1. The zero-order valence-electron chi connectivity index (χ0n) is 36.4. The fourth-order valence-corrected chi connectivity index (χ4v) is 7.98. The number of nitrogens with two attached hydrogens (primary N) is 2. The van der Waals surface area contributed by atoms with Gasteiger partial charge in [-0.05, 0) is 80.7 Å². The molecule has 1 heterocycles. The molecule has 0 radical (unpaired) electrons. The maximum absolute atomic E-state index is 14.2. The third-order valence-electron chi connectivity index (χ3n) is 11.4. The standard InChI is InChI=1S/C45H61Cl2N7O10/c1-3-26(2)40-44(61)51-33(21-22-37(48)55)41(58)53-36(24-38(49)56)42(59)52-34(45(62)64-29-11-6-4-7-12-29)15-8-5-9-16-39(57)50-35(43(60)54-40)23-27-17-19-28(20-18-27)63-25-30-31(46)13-10-14-32(30)47/h10,13-14,17-20,26,29,33-36,40H,3-9,11-12,15-16,21-25H2,1-2H3,(H2,48,55)(H2,49,56)(H,50,57)(H,51,61)(H,52,59)(H,53,58)(H,54,60)/t26-,33-,34-,35-,36-,40-/m0/s1. The first kappa shape index (κ1) is 51.2. The highest BCUT2D eigenvalue weighted by Gasteiger charge is 2.35. The lowest BCUT2D eigenvalue weighted by molar-refractivity contribution is -0.155. The number of carbonyl (C=O) groups is 8. The number of nitrogens with one attached hydrogen (secondary N) is 5. The van der Waals surface area contributed by atoms with Crippen LogP contribution in [0.25, 0.3) is 0 Å². The van der Waals surface area contributed by atoms with Gasteiger partial charge in [0.2, 0.25) is 41.4 Å². The van der Waals surface area contributed by atoms with Crippen LogP contribution in [-0.4, -0.2) is 83.6 Å². The van der Waals surface area contributed by atoms with E-state index in [-0.39, 0.29) is 44.8 Å². The first-order valence-corrected chi connectivity index (χ1v) is 22.7. The quantitative estimate of drug-likeness (QED) is 0.135. The molecular weight excluding hydrogens is 869 g/mol. The van der Waals surface area contributed by atoms with Gasteiger partial charge in [-0.25, -0.2) is 4.79 Å². The van der Waals surface area contributed by atoms with Crippen LogP contribution in [0.3, 0.4) is 0 Å². The first-order valence-electron chi connectivity index (χ1n) is 22.0. The lowest BCUT2D eigenvalue weighted by Crippen LogP contribution is -2.60. The summed E-state index contributed by atoms with van der Waals surface area (Å²) in [7, 11) is 0. The van der Waals surface area contributed by atoms with Crippen LogP contribution in [0.15, 0.2) is 42.5 Å². The summed E-state index contributed by atoms with van der Waals surface area (Å²) in [6.45, 7) is 3.62. The van der Waals surface area contributed by atoms with E-state index in [1.54, 1.807) is 56.3 Å². The zero-order valence-corrected chi connectivity index (χ0v) is 37.9. The highest BCUT2D eigenvalue weighted by molar-refractivity contribution is 6.36. The number of ether oxygens (including phenoxy) is 2. The highest BCUT2D eigenvalue weighted by Crippen LogP contribution is 2.26. The third-order valence-corrected chi connectivity index (χ3v) is 12.1. The molecule has 9 N–H and O–H groups in total. The molecule has 0 spiro atoms. The van der Waals surface area contributed by atoms with Gasteiger partial charge in [0.1, 0.15) is 48.7 Å². The molecule has 17 nitrogen and oxygen atoms in total. The van der Waals surface area contributed by atoms with Crippen molar-refractivity contribution < 1.29 is 47.8 Å². The van der Waals surface area contributed by atoms with Crippen molar-refractivity contribution in [1.82, 2.24) is 26.6 Å². The minimum atomic E-state index is -1.58. The fraction of sp³-hybridized carbons (Fsp3) is 0.556. The highest BCUT2D eigenvalue weighted by atomic mass is 35.5. The summed E-state index contributed by atoms with van der Waals surface area (Å²) in [5.74, 6) is -6.16.